The molecule has 2 aliphatic heterocycles. The molecule has 1 aromatic carbocycles. The van der Waals surface area contributed by atoms with Crippen molar-refractivity contribution in [2.45, 2.75) is 57.1 Å². The molecule has 1 unspecified atom stereocenters. The number of rotatable bonds is 2. The first-order chi connectivity index (χ1) is 10.6. The highest BCUT2D eigenvalue weighted by Crippen LogP contribution is 2.49. The van der Waals surface area contributed by atoms with E-state index in [0.29, 0.717) is 23.8 Å². The van der Waals surface area contributed by atoms with Gasteiger partial charge < -0.3 is 9.84 Å². The molecule has 0 spiro atoms. The molecule has 2 heterocycles. The summed E-state index contributed by atoms with van der Waals surface area (Å²) in [6.45, 7) is 7.99. The monoisotopic (exact) mass is 337 g/mol. The fraction of sp³-hybridized carbons (Fsp3) is 0.684. The number of ether oxygens (including phenoxy) is 1. The Hall–Kier alpha value is -0.770. The van der Waals surface area contributed by atoms with Gasteiger partial charge in [-0.25, -0.2) is 0 Å². The third-order valence-corrected chi connectivity index (χ3v) is 6.57. The largest absolute Gasteiger partial charge is 0.508 e. The molecule has 3 aliphatic rings. The second-order valence-corrected chi connectivity index (χ2v) is 7.70. The van der Waals surface area contributed by atoms with E-state index in [1.54, 1.807) is 0 Å². The summed E-state index contributed by atoms with van der Waals surface area (Å²) in [6, 6.07) is 6.60. The third-order valence-electron chi connectivity index (χ3n) is 6.57. The van der Waals surface area contributed by atoms with E-state index in [-0.39, 0.29) is 17.8 Å². The molecule has 3 nitrogen and oxygen atoms in total. The van der Waals surface area contributed by atoms with Crippen molar-refractivity contribution < 1.29 is 9.84 Å². The van der Waals surface area contributed by atoms with Crippen molar-refractivity contribution >= 4 is 12.4 Å². The number of benzene rings is 1. The summed E-state index contributed by atoms with van der Waals surface area (Å²) in [5, 5.41) is 9.90. The van der Waals surface area contributed by atoms with Gasteiger partial charge in [-0.05, 0) is 66.8 Å². The Morgan fingerprint density at radius 1 is 1.39 bits per heavy atom. The average molecular weight is 338 g/mol. The third kappa shape index (κ3) is 2.77. The van der Waals surface area contributed by atoms with E-state index < -0.39 is 0 Å². The number of fused-ring (bicyclic) bond motifs is 4. The highest BCUT2D eigenvalue weighted by molar-refractivity contribution is 5.85. The fourth-order valence-corrected chi connectivity index (χ4v) is 4.97. The lowest BCUT2D eigenvalue weighted by molar-refractivity contribution is -0.00671. The SMILES string of the molecule is CC1[C@H]2Cc3ccc(O)cc3[C@]1(C)CCN2C[C@H]1CCCO1.Cl. The first-order valence-electron chi connectivity index (χ1n) is 8.76. The Balaban J connectivity index is 0.00000156. The van der Waals surface area contributed by atoms with Crippen molar-refractivity contribution in [3.8, 4) is 5.75 Å². The fourth-order valence-electron chi connectivity index (χ4n) is 4.97. The lowest BCUT2D eigenvalue weighted by atomic mass is 9.59. The second-order valence-electron chi connectivity index (χ2n) is 7.70. The Morgan fingerprint density at radius 3 is 2.96 bits per heavy atom. The zero-order valence-electron chi connectivity index (χ0n) is 14.1. The molecule has 4 rings (SSSR count). The number of aromatic hydroxyl groups is 1. The molecule has 0 radical (unpaired) electrons. The molecule has 0 amide bonds. The van der Waals surface area contributed by atoms with Crippen LogP contribution in [0.5, 0.6) is 5.75 Å². The van der Waals surface area contributed by atoms with Crippen LogP contribution in [0.15, 0.2) is 18.2 Å². The minimum absolute atomic E-state index is 0. The maximum Gasteiger partial charge on any atom is 0.115 e. The van der Waals surface area contributed by atoms with E-state index in [0.717, 1.165) is 26.1 Å². The van der Waals surface area contributed by atoms with Gasteiger partial charge in [-0.15, -0.1) is 12.4 Å². The van der Waals surface area contributed by atoms with Gasteiger partial charge >= 0.3 is 0 Å². The molecule has 0 aromatic heterocycles. The number of phenolic OH excluding ortho intramolecular Hbond substituents is 1. The maximum atomic E-state index is 9.90. The van der Waals surface area contributed by atoms with Crippen LogP contribution in [0, 0.1) is 5.92 Å². The van der Waals surface area contributed by atoms with Crippen LogP contribution < -0.4 is 0 Å². The number of halogens is 1. The van der Waals surface area contributed by atoms with Gasteiger partial charge in [0.1, 0.15) is 5.75 Å². The van der Waals surface area contributed by atoms with Crippen LogP contribution in [-0.4, -0.2) is 41.8 Å². The summed E-state index contributed by atoms with van der Waals surface area (Å²) in [6.07, 6.45) is 5.17. The van der Waals surface area contributed by atoms with Crippen molar-refractivity contribution in [2.24, 2.45) is 5.92 Å². The topological polar surface area (TPSA) is 32.7 Å². The molecule has 0 saturated carbocycles. The molecular formula is C19H28ClNO2. The number of nitrogens with zero attached hydrogens (tertiary/aromatic N) is 1. The van der Waals surface area contributed by atoms with Crippen molar-refractivity contribution in [2.75, 3.05) is 19.7 Å². The predicted molar refractivity (Wildman–Crippen MR) is 94.5 cm³/mol. The van der Waals surface area contributed by atoms with Gasteiger partial charge in [0.2, 0.25) is 0 Å². The number of likely N-dealkylation sites (tertiary alicyclic amines) is 1. The Morgan fingerprint density at radius 2 is 2.22 bits per heavy atom. The molecular weight excluding hydrogens is 310 g/mol. The summed E-state index contributed by atoms with van der Waals surface area (Å²) in [5.41, 5.74) is 3.01. The zero-order chi connectivity index (χ0) is 15.3. The van der Waals surface area contributed by atoms with Gasteiger partial charge in [-0.1, -0.05) is 19.9 Å². The van der Waals surface area contributed by atoms with Crippen LogP contribution in [0.4, 0.5) is 0 Å². The molecule has 4 atom stereocenters. The van der Waals surface area contributed by atoms with Gasteiger partial charge in [0.15, 0.2) is 0 Å². The van der Waals surface area contributed by atoms with E-state index >= 15 is 0 Å². The molecule has 2 bridgehead atoms. The number of piperidine rings is 1. The van der Waals surface area contributed by atoms with E-state index in [9.17, 15) is 5.11 Å². The summed E-state index contributed by atoms with van der Waals surface area (Å²) >= 11 is 0. The summed E-state index contributed by atoms with van der Waals surface area (Å²) in [5.74, 6) is 1.03. The summed E-state index contributed by atoms with van der Waals surface area (Å²) in [4.78, 5) is 2.68. The van der Waals surface area contributed by atoms with E-state index in [4.69, 9.17) is 4.74 Å². The summed E-state index contributed by atoms with van der Waals surface area (Å²) in [7, 11) is 0. The van der Waals surface area contributed by atoms with Crippen LogP contribution in [0.3, 0.4) is 0 Å². The van der Waals surface area contributed by atoms with E-state index in [2.05, 4.69) is 24.8 Å². The number of phenols is 1. The first-order valence-corrected chi connectivity index (χ1v) is 8.76. The number of hydrogen-bond acceptors (Lipinski definition) is 3. The Kier molecular flexibility index (Phi) is 4.65. The van der Waals surface area contributed by atoms with Crippen molar-refractivity contribution in [1.29, 1.82) is 0 Å². The van der Waals surface area contributed by atoms with Crippen LogP contribution in [0.1, 0.15) is 44.2 Å². The van der Waals surface area contributed by atoms with Gasteiger partial charge in [0.05, 0.1) is 6.10 Å². The highest BCUT2D eigenvalue weighted by atomic mass is 35.5. The van der Waals surface area contributed by atoms with Gasteiger partial charge in [-0.2, -0.15) is 0 Å². The molecule has 1 N–H and O–H groups in total. The van der Waals surface area contributed by atoms with Crippen molar-refractivity contribution in [1.82, 2.24) is 4.90 Å². The molecule has 4 heteroatoms. The average Bonchev–Trinajstić information content (AvgIpc) is 3.00. The highest BCUT2D eigenvalue weighted by Gasteiger charge is 2.48. The number of hydrogen-bond donors (Lipinski definition) is 1. The molecule has 2 saturated heterocycles. The lowest BCUT2D eigenvalue weighted by Gasteiger charge is -2.55. The zero-order valence-corrected chi connectivity index (χ0v) is 14.9. The van der Waals surface area contributed by atoms with Gasteiger partial charge in [0, 0.05) is 19.2 Å². The van der Waals surface area contributed by atoms with E-state index in [1.165, 1.54) is 30.4 Å². The lowest BCUT2D eigenvalue weighted by Crippen LogP contribution is -2.59. The smallest absolute Gasteiger partial charge is 0.115 e. The summed E-state index contributed by atoms with van der Waals surface area (Å²) < 4.78 is 5.86. The first kappa shape index (κ1) is 17.1. The predicted octanol–water partition coefficient (Wildman–Crippen LogP) is 3.52. The van der Waals surface area contributed by atoms with E-state index in [1.807, 2.05) is 12.1 Å². The second kappa shape index (κ2) is 6.27. The van der Waals surface area contributed by atoms with Crippen LogP contribution in [0.25, 0.3) is 0 Å². The minimum Gasteiger partial charge on any atom is -0.508 e. The minimum atomic E-state index is 0. The Bertz CT molecular complexity index is 572. The molecule has 2 fully saturated rings. The molecule has 1 aliphatic carbocycles. The van der Waals surface area contributed by atoms with Gasteiger partial charge in [-0.3, -0.25) is 4.90 Å². The van der Waals surface area contributed by atoms with Crippen LogP contribution >= 0.6 is 12.4 Å². The standard InChI is InChI=1S/C19H27NO2.ClH/c1-13-18-10-14-5-6-15(21)11-17(14)19(13,2)7-8-20(18)12-16-4-3-9-22-16;/h5-6,11,13,16,18,21H,3-4,7-10,12H2,1-2H3;1H/t13?,16-,18-,19-;/m1./s1. The van der Waals surface area contributed by atoms with Crippen LogP contribution in [-0.2, 0) is 16.6 Å². The van der Waals surface area contributed by atoms with Gasteiger partial charge in [0.25, 0.3) is 0 Å². The normalized spacial score (nSPS) is 36.3. The van der Waals surface area contributed by atoms with Crippen LogP contribution in [0.2, 0.25) is 0 Å². The Labute approximate surface area is 145 Å². The van der Waals surface area contributed by atoms with Crippen molar-refractivity contribution in [3.63, 3.8) is 0 Å². The molecule has 23 heavy (non-hydrogen) atoms. The molecule has 1 aromatic rings. The van der Waals surface area contributed by atoms with Crippen molar-refractivity contribution in [3.05, 3.63) is 29.3 Å². The quantitative estimate of drug-likeness (QED) is 0.896. The maximum absolute atomic E-state index is 9.90. The molecule has 128 valence electrons.